The first kappa shape index (κ1) is 18.5. The molecule has 7 heteroatoms. The van der Waals surface area contributed by atoms with Crippen molar-refractivity contribution >= 4 is 17.2 Å². The molecule has 0 aliphatic carbocycles. The van der Waals surface area contributed by atoms with Crippen molar-refractivity contribution in [2.75, 3.05) is 5.32 Å². The Labute approximate surface area is 145 Å². The summed E-state index contributed by atoms with van der Waals surface area (Å²) in [5, 5.41) is 2.86. The Morgan fingerprint density at radius 3 is 2.56 bits per heavy atom. The van der Waals surface area contributed by atoms with Crippen molar-refractivity contribution in [3.8, 4) is 0 Å². The SMILES string of the molecule is CC/C=C(\N)c1c(Nc2ccc(C)cc2F)n(C)c(=O)n(CC)c1=O. The van der Waals surface area contributed by atoms with Gasteiger partial charge in [-0.1, -0.05) is 19.1 Å². The molecule has 0 bridgehead atoms. The highest BCUT2D eigenvalue weighted by Gasteiger charge is 2.19. The van der Waals surface area contributed by atoms with Crippen LogP contribution in [0.25, 0.3) is 5.70 Å². The minimum Gasteiger partial charge on any atom is -0.398 e. The summed E-state index contributed by atoms with van der Waals surface area (Å²) in [6.45, 7) is 5.59. The van der Waals surface area contributed by atoms with E-state index in [1.54, 1.807) is 32.1 Å². The van der Waals surface area contributed by atoms with E-state index in [-0.39, 0.29) is 29.3 Å². The molecule has 0 aliphatic rings. The maximum atomic E-state index is 14.2. The van der Waals surface area contributed by atoms with Gasteiger partial charge in [0.05, 0.1) is 5.69 Å². The van der Waals surface area contributed by atoms with Gasteiger partial charge in [-0.15, -0.1) is 0 Å². The summed E-state index contributed by atoms with van der Waals surface area (Å²) in [5.74, 6) is -0.305. The number of benzene rings is 1. The molecule has 1 aromatic heterocycles. The van der Waals surface area contributed by atoms with E-state index in [2.05, 4.69) is 5.32 Å². The molecule has 0 amide bonds. The zero-order chi connectivity index (χ0) is 18.7. The number of halogens is 1. The molecule has 0 fully saturated rings. The molecule has 0 atom stereocenters. The summed E-state index contributed by atoms with van der Waals surface area (Å²) in [5.41, 5.74) is 6.42. The number of hydrogen-bond acceptors (Lipinski definition) is 4. The summed E-state index contributed by atoms with van der Waals surface area (Å²) in [4.78, 5) is 25.2. The topological polar surface area (TPSA) is 82.0 Å². The Bertz CT molecular complexity index is 941. The normalized spacial score (nSPS) is 11.6. The average Bonchev–Trinajstić information content (AvgIpc) is 2.55. The largest absolute Gasteiger partial charge is 0.398 e. The third kappa shape index (κ3) is 3.50. The predicted molar refractivity (Wildman–Crippen MR) is 98.5 cm³/mol. The van der Waals surface area contributed by atoms with Crippen molar-refractivity contribution in [1.29, 1.82) is 0 Å². The summed E-state index contributed by atoms with van der Waals surface area (Å²) >= 11 is 0. The van der Waals surface area contributed by atoms with Gasteiger partial charge < -0.3 is 11.1 Å². The molecule has 3 N–H and O–H groups in total. The second kappa shape index (κ2) is 7.38. The smallest absolute Gasteiger partial charge is 0.332 e. The highest BCUT2D eigenvalue weighted by molar-refractivity contribution is 5.75. The van der Waals surface area contributed by atoms with Gasteiger partial charge in [-0.05, 0) is 38.0 Å². The Kier molecular flexibility index (Phi) is 5.46. The molecule has 6 nitrogen and oxygen atoms in total. The average molecular weight is 346 g/mol. The highest BCUT2D eigenvalue weighted by atomic mass is 19.1. The fourth-order valence-corrected chi connectivity index (χ4v) is 2.62. The van der Waals surface area contributed by atoms with Crippen molar-refractivity contribution in [2.45, 2.75) is 33.7 Å². The van der Waals surface area contributed by atoms with Gasteiger partial charge >= 0.3 is 5.69 Å². The summed E-state index contributed by atoms with van der Waals surface area (Å²) in [7, 11) is 1.52. The van der Waals surface area contributed by atoms with Gasteiger partial charge in [-0.2, -0.15) is 0 Å². The van der Waals surface area contributed by atoms with E-state index in [0.29, 0.717) is 6.42 Å². The predicted octanol–water partition coefficient (Wildman–Crippen LogP) is 2.47. The van der Waals surface area contributed by atoms with E-state index in [1.165, 1.54) is 17.7 Å². The van der Waals surface area contributed by atoms with Crippen LogP contribution in [0.4, 0.5) is 15.9 Å². The summed E-state index contributed by atoms with van der Waals surface area (Å²) < 4.78 is 16.6. The second-order valence-electron chi connectivity index (χ2n) is 5.79. The van der Waals surface area contributed by atoms with Crippen LogP contribution in [0, 0.1) is 12.7 Å². The Morgan fingerprint density at radius 2 is 2.00 bits per heavy atom. The first-order valence-electron chi connectivity index (χ1n) is 8.14. The van der Waals surface area contributed by atoms with Gasteiger partial charge in [-0.25, -0.2) is 9.18 Å². The number of aryl methyl sites for hydroxylation is 1. The number of rotatable bonds is 5. The monoisotopic (exact) mass is 346 g/mol. The van der Waals surface area contributed by atoms with Gasteiger partial charge in [0.2, 0.25) is 0 Å². The van der Waals surface area contributed by atoms with Gasteiger partial charge in [0.25, 0.3) is 5.56 Å². The van der Waals surface area contributed by atoms with Crippen molar-refractivity contribution in [1.82, 2.24) is 9.13 Å². The molecule has 2 rings (SSSR count). The Hall–Kier alpha value is -2.83. The number of allylic oxidation sites excluding steroid dienone is 1. The van der Waals surface area contributed by atoms with Gasteiger partial charge in [0.1, 0.15) is 17.2 Å². The number of nitrogens with two attached hydrogens (primary N) is 1. The molecule has 0 spiro atoms. The lowest BCUT2D eigenvalue weighted by atomic mass is 10.1. The molecule has 1 aromatic carbocycles. The molecule has 1 heterocycles. The summed E-state index contributed by atoms with van der Waals surface area (Å²) in [6, 6.07) is 4.67. The lowest BCUT2D eigenvalue weighted by Gasteiger charge is -2.18. The van der Waals surface area contributed by atoms with Crippen molar-refractivity contribution in [3.05, 3.63) is 62.1 Å². The zero-order valence-corrected chi connectivity index (χ0v) is 14.9. The Morgan fingerprint density at radius 1 is 1.32 bits per heavy atom. The van der Waals surface area contributed by atoms with Crippen LogP contribution in [0.5, 0.6) is 0 Å². The highest BCUT2D eigenvalue weighted by Crippen LogP contribution is 2.23. The first-order valence-corrected chi connectivity index (χ1v) is 8.14. The lowest BCUT2D eigenvalue weighted by Crippen LogP contribution is -2.41. The van der Waals surface area contributed by atoms with Crippen LogP contribution in [0.2, 0.25) is 0 Å². The van der Waals surface area contributed by atoms with Crippen LogP contribution >= 0.6 is 0 Å². The van der Waals surface area contributed by atoms with Crippen LogP contribution in [-0.4, -0.2) is 9.13 Å². The fourth-order valence-electron chi connectivity index (χ4n) is 2.62. The van der Waals surface area contributed by atoms with Crippen molar-refractivity contribution in [3.63, 3.8) is 0 Å². The van der Waals surface area contributed by atoms with E-state index in [1.807, 2.05) is 6.92 Å². The number of aromatic nitrogens is 2. The van der Waals surface area contributed by atoms with Crippen LogP contribution in [-0.2, 0) is 13.6 Å². The minimum absolute atomic E-state index is 0.158. The third-order valence-electron chi connectivity index (χ3n) is 3.96. The lowest BCUT2D eigenvalue weighted by molar-refractivity contribution is 0.619. The number of hydrogen-bond donors (Lipinski definition) is 2. The van der Waals surface area contributed by atoms with E-state index in [4.69, 9.17) is 5.73 Å². The van der Waals surface area contributed by atoms with E-state index in [0.717, 1.165) is 10.1 Å². The van der Waals surface area contributed by atoms with E-state index < -0.39 is 17.1 Å². The molecule has 25 heavy (non-hydrogen) atoms. The molecule has 0 saturated carbocycles. The van der Waals surface area contributed by atoms with Crippen molar-refractivity contribution in [2.24, 2.45) is 12.8 Å². The van der Waals surface area contributed by atoms with Crippen LogP contribution < -0.4 is 22.3 Å². The third-order valence-corrected chi connectivity index (χ3v) is 3.96. The number of nitrogens with one attached hydrogen (secondary N) is 1. The molecule has 134 valence electrons. The quantitative estimate of drug-likeness (QED) is 0.871. The zero-order valence-electron chi connectivity index (χ0n) is 14.9. The van der Waals surface area contributed by atoms with Crippen LogP contribution in [0.3, 0.4) is 0 Å². The molecule has 0 saturated heterocycles. The van der Waals surface area contributed by atoms with Crippen LogP contribution in [0.1, 0.15) is 31.4 Å². The van der Waals surface area contributed by atoms with Gasteiger partial charge in [0.15, 0.2) is 0 Å². The maximum Gasteiger partial charge on any atom is 0.332 e. The second-order valence-corrected chi connectivity index (χ2v) is 5.79. The molecular formula is C18H23FN4O2. The molecule has 0 unspecified atom stereocenters. The fraction of sp³-hybridized carbons (Fsp3) is 0.333. The van der Waals surface area contributed by atoms with Gasteiger partial charge in [-0.3, -0.25) is 13.9 Å². The maximum absolute atomic E-state index is 14.2. The van der Waals surface area contributed by atoms with Crippen molar-refractivity contribution < 1.29 is 4.39 Å². The van der Waals surface area contributed by atoms with E-state index >= 15 is 0 Å². The Balaban J connectivity index is 2.77. The summed E-state index contributed by atoms with van der Waals surface area (Å²) in [6.07, 6.45) is 2.32. The van der Waals surface area contributed by atoms with Crippen LogP contribution in [0.15, 0.2) is 33.9 Å². The standard InChI is InChI=1S/C18H23FN4O2/c1-5-7-13(20)15-16(21-14-9-8-11(3)10-12(14)19)22(4)18(25)23(6-2)17(15)24/h7-10,21H,5-6,20H2,1-4H3/b13-7-. The van der Waals surface area contributed by atoms with Gasteiger partial charge in [0, 0.05) is 19.3 Å². The molecule has 2 aromatic rings. The molecular weight excluding hydrogens is 323 g/mol. The first-order chi connectivity index (χ1) is 11.8. The minimum atomic E-state index is -0.497. The van der Waals surface area contributed by atoms with E-state index in [9.17, 15) is 14.0 Å². The molecule has 0 aliphatic heterocycles. The molecule has 0 radical (unpaired) electrons. The number of nitrogens with zero attached hydrogens (tertiary/aromatic N) is 2. The number of anilines is 2.